The van der Waals surface area contributed by atoms with Crippen LogP contribution >= 0.6 is 0 Å². The predicted molar refractivity (Wildman–Crippen MR) is 168 cm³/mol. The Labute approximate surface area is 247 Å². The number of hydrogen-bond donors (Lipinski definition) is 0. The molecule has 0 unspecified atom stereocenters. The van der Waals surface area contributed by atoms with Crippen LogP contribution < -0.4 is 0 Å². The third kappa shape index (κ3) is 5.64. The highest BCUT2D eigenvalue weighted by Gasteiger charge is 2.58. The van der Waals surface area contributed by atoms with Crippen molar-refractivity contribution in [3.8, 4) is 0 Å². The molecule has 5 nitrogen and oxygen atoms in total. The molecule has 0 aromatic heterocycles. The lowest BCUT2D eigenvalue weighted by atomic mass is 9.58. The monoisotopic (exact) mass is 556 g/mol. The van der Waals surface area contributed by atoms with Crippen LogP contribution in [0.2, 0.25) is 0 Å². The molecule has 0 saturated carbocycles. The van der Waals surface area contributed by atoms with Crippen LogP contribution in [-0.4, -0.2) is 48.3 Å². The normalized spacial score (nSPS) is 25.3. The van der Waals surface area contributed by atoms with Crippen molar-refractivity contribution in [2.24, 2.45) is 0 Å². The topological polar surface area (TPSA) is 46.2 Å². The average molecular weight is 556 g/mol. The molecule has 0 spiro atoms. The van der Waals surface area contributed by atoms with Crippen LogP contribution in [0.1, 0.15) is 93.7 Å². The van der Waals surface area contributed by atoms with Crippen LogP contribution in [-0.2, 0) is 23.4 Å². The first-order chi connectivity index (χ1) is 18.9. The highest BCUT2D eigenvalue weighted by molar-refractivity contribution is 6.61. The molecule has 5 rings (SSSR count). The maximum absolute atomic E-state index is 6.91. The van der Waals surface area contributed by atoms with Crippen molar-refractivity contribution in [3.05, 3.63) is 82.7 Å². The van der Waals surface area contributed by atoms with E-state index in [4.69, 9.17) is 23.4 Å². The minimum Gasteiger partial charge on any atom is -0.400 e. The molecule has 0 N–H and O–H groups in total. The van der Waals surface area contributed by atoms with Crippen molar-refractivity contribution in [3.63, 3.8) is 0 Å². The Hall–Kier alpha value is -2.15. The molecule has 2 aliphatic heterocycles. The lowest BCUT2D eigenvalue weighted by Crippen LogP contribution is -2.41. The first-order valence-corrected chi connectivity index (χ1v) is 14.9. The van der Waals surface area contributed by atoms with Crippen LogP contribution in [0.15, 0.2) is 71.6 Å². The number of rotatable bonds is 5. The molecule has 2 aromatic carbocycles. The van der Waals surface area contributed by atoms with Gasteiger partial charge in [-0.15, -0.1) is 0 Å². The van der Waals surface area contributed by atoms with Gasteiger partial charge >= 0.3 is 14.2 Å². The highest BCUT2D eigenvalue weighted by atomic mass is 16.7. The van der Waals surface area contributed by atoms with Gasteiger partial charge in [0.05, 0.1) is 34.1 Å². The van der Waals surface area contributed by atoms with Gasteiger partial charge in [-0.2, -0.15) is 0 Å². The van der Waals surface area contributed by atoms with Gasteiger partial charge in [0, 0.05) is 0 Å². The van der Waals surface area contributed by atoms with Gasteiger partial charge in [-0.05, 0) is 116 Å². The maximum Gasteiger partial charge on any atom is 0.493 e. The van der Waals surface area contributed by atoms with Crippen molar-refractivity contribution < 1.29 is 23.4 Å². The zero-order chi connectivity index (χ0) is 30.0. The fourth-order valence-corrected chi connectivity index (χ4v) is 5.70. The second kappa shape index (κ2) is 10.2. The standard InChI is InChI=1S/C34H46B2O5/c1-30(2,3)37-26-22-25(35-38-31(4,5)32(6,7)39-35)27(23-18-14-12-15-19-23)28(24-20-16-13-17-21-24)29(26)36-40-33(8,9)34(10,11)41-36/h12-21,26H,22H2,1-11H3/t26-/m0/s1. The zero-order valence-electron chi connectivity index (χ0n) is 26.8. The van der Waals surface area contributed by atoms with E-state index in [1.165, 1.54) is 0 Å². The lowest BCUT2D eigenvalue weighted by molar-refractivity contribution is -0.0408. The second-order valence-corrected chi connectivity index (χ2v) is 14.6. The van der Waals surface area contributed by atoms with E-state index in [1.807, 2.05) is 12.1 Å². The van der Waals surface area contributed by atoms with Crippen molar-refractivity contribution >= 4 is 25.4 Å². The molecular formula is C34H46B2O5. The first-order valence-electron chi connectivity index (χ1n) is 14.9. The Bertz CT molecular complexity index is 1300. The van der Waals surface area contributed by atoms with Gasteiger partial charge in [0.1, 0.15) is 0 Å². The number of hydrogen-bond acceptors (Lipinski definition) is 5. The van der Waals surface area contributed by atoms with Gasteiger partial charge in [-0.3, -0.25) is 0 Å². The van der Waals surface area contributed by atoms with Gasteiger partial charge in [0.2, 0.25) is 0 Å². The number of benzene rings is 2. The van der Waals surface area contributed by atoms with E-state index in [0.29, 0.717) is 6.42 Å². The molecule has 218 valence electrons. The molecule has 1 atom stereocenters. The van der Waals surface area contributed by atoms with E-state index in [1.54, 1.807) is 0 Å². The maximum atomic E-state index is 6.91. The summed E-state index contributed by atoms with van der Waals surface area (Å²) in [4.78, 5) is 0. The summed E-state index contributed by atoms with van der Waals surface area (Å²) in [6.07, 6.45) is 0.273. The van der Waals surface area contributed by atoms with Crippen LogP contribution in [0, 0.1) is 0 Å². The average Bonchev–Trinajstić information content (AvgIpc) is 3.22. The summed E-state index contributed by atoms with van der Waals surface area (Å²) in [5.41, 5.74) is 4.04. The molecule has 2 saturated heterocycles. The van der Waals surface area contributed by atoms with Crippen molar-refractivity contribution in [2.75, 3.05) is 0 Å². The minimum atomic E-state index is -0.582. The summed E-state index contributed by atoms with van der Waals surface area (Å²) in [6.45, 7) is 23.1. The molecule has 3 aliphatic rings. The van der Waals surface area contributed by atoms with E-state index in [-0.39, 0.29) is 6.10 Å². The van der Waals surface area contributed by atoms with Gasteiger partial charge in [0.25, 0.3) is 0 Å². The number of allylic oxidation sites excluding steroid dienone is 2. The molecule has 1 aliphatic carbocycles. The molecule has 0 amide bonds. The van der Waals surface area contributed by atoms with Crippen LogP contribution in [0.4, 0.5) is 0 Å². The summed E-state index contributed by atoms with van der Waals surface area (Å²) in [7, 11) is -1.11. The molecule has 2 fully saturated rings. The summed E-state index contributed by atoms with van der Waals surface area (Å²) >= 11 is 0. The third-order valence-corrected chi connectivity index (χ3v) is 9.28. The van der Waals surface area contributed by atoms with Crippen molar-refractivity contribution in [1.29, 1.82) is 0 Å². The zero-order valence-corrected chi connectivity index (χ0v) is 26.8. The lowest BCUT2D eigenvalue weighted by Gasteiger charge is -2.38. The Morgan fingerprint density at radius 3 is 1.41 bits per heavy atom. The summed E-state index contributed by atoms with van der Waals surface area (Å²) < 4.78 is 33.9. The van der Waals surface area contributed by atoms with Crippen LogP contribution in [0.3, 0.4) is 0 Å². The van der Waals surface area contributed by atoms with Crippen molar-refractivity contribution in [1.82, 2.24) is 0 Å². The molecule has 0 bridgehead atoms. The van der Waals surface area contributed by atoms with Gasteiger partial charge in [-0.25, -0.2) is 0 Å². The Morgan fingerprint density at radius 1 is 0.610 bits per heavy atom. The molecule has 41 heavy (non-hydrogen) atoms. The SMILES string of the molecule is CC(C)(C)O[C@H]1CC(B2OC(C)(C)C(C)(C)O2)=C(c2ccccc2)C(c2ccccc2)=C1B1OC(C)(C)C(C)(C)O1. The summed E-state index contributed by atoms with van der Waals surface area (Å²) in [5.74, 6) is 0. The second-order valence-electron chi connectivity index (χ2n) is 14.6. The van der Waals surface area contributed by atoms with E-state index < -0.39 is 42.2 Å². The summed E-state index contributed by atoms with van der Waals surface area (Å²) in [5, 5.41) is 0. The largest absolute Gasteiger partial charge is 0.493 e. The summed E-state index contributed by atoms with van der Waals surface area (Å²) in [6, 6.07) is 21.1. The van der Waals surface area contributed by atoms with Gasteiger partial charge in [-0.1, -0.05) is 60.7 Å². The van der Waals surface area contributed by atoms with Gasteiger partial charge in [0.15, 0.2) is 0 Å². The fraction of sp³-hybridized carbons (Fsp3) is 0.529. The van der Waals surface area contributed by atoms with E-state index in [0.717, 1.165) is 33.2 Å². The third-order valence-electron chi connectivity index (χ3n) is 9.28. The number of ether oxygens (including phenoxy) is 1. The highest BCUT2D eigenvalue weighted by Crippen LogP contribution is 2.51. The van der Waals surface area contributed by atoms with Crippen molar-refractivity contribution in [2.45, 2.75) is 117 Å². The Balaban J connectivity index is 1.83. The molecule has 2 heterocycles. The molecule has 7 heteroatoms. The minimum absolute atomic E-state index is 0.318. The van der Waals surface area contributed by atoms with Crippen LogP contribution in [0.25, 0.3) is 11.1 Å². The van der Waals surface area contributed by atoms with E-state index >= 15 is 0 Å². The molecule has 2 aromatic rings. The van der Waals surface area contributed by atoms with E-state index in [2.05, 4.69) is 125 Å². The molecular weight excluding hydrogens is 510 g/mol. The van der Waals surface area contributed by atoms with E-state index in [9.17, 15) is 0 Å². The molecule has 0 radical (unpaired) electrons. The fourth-order valence-electron chi connectivity index (χ4n) is 5.70. The predicted octanol–water partition coefficient (Wildman–Crippen LogP) is 7.74. The Kier molecular flexibility index (Phi) is 7.57. The Morgan fingerprint density at radius 2 is 1.00 bits per heavy atom. The quantitative estimate of drug-likeness (QED) is 0.353. The van der Waals surface area contributed by atoms with Crippen LogP contribution in [0.5, 0.6) is 0 Å². The van der Waals surface area contributed by atoms with Gasteiger partial charge < -0.3 is 23.4 Å². The first kappa shape index (κ1) is 30.3. The smallest absolute Gasteiger partial charge is 0.400 e.